The van der Waals surface area contributed by atoms with E-state index in [0.29, 0.717) is 53.2 Å². The molecule has 0 saturated heterocycles. The fourth-order valence-corrected chi connectivity index (χ4v) is 8.67. The average Bonchev–Trinajstić information content (AvgIpc) is 3.79. The summed E-state index contributed by atoms with van der Waals surface area (Å²) in [6.07, 6.45) is -0.768. The van der Waals surface area contributed by atoms with Crippen molar-refractivity contribution in [3.63, 3.8) is 0 Å². The predicted molar refractivity (Wildman–Crippen MR) is 191 cm³/mol. The molecule has 0 bridgehead atoms. The first-order valence-corrected chi connectivity index (χ1v) is 19.0. The molecular formula is C38H34F5N6O6P. The Morgan fingerprint density at radius 2 is 1.77 bits per heavy atom. The molecule has 8 rings (SSSR count). The summed E-state index contributed by atoms with van der Waals surface area (Å²) in [7, 11) is -3.71. The number of phosphoric ester groups is 1. The highest BCUT2D eigenvalue weighted by atomic mass is 31.2. The number of carbonyl (C=O) groups is 1. The van der Waals surface area contributed by atoms with Crippen molar-refractivity contribution in [1.29, 1.82) is 0 Å². The van der Waals surface area contributed by atoms with Gasteiger partial charge >= 0.3 is 14.0 Å². The number of anilines is 1. The van der Waals surface area contributed by atoms with Crippen LogP contribution in [0.5, 0.6) is 0 Å². The van der Waals surface area contributed by atoms with Gasteiger partial charge in [0.05, 0.1) is 40.4 Å². The van der Waals surface area contributed by atoms with Gasteiger partial charge in [-0.05, 0) is 61.2 Å². The van der Waals surface area contributed by atoms with Crippen LogP contribution in [-0.4, -0.2) is 53.7 Å². The standard InChI is InChI=1S/C38H34F5N6O6P/c1-5-20-7-6-8-25-29-31(40)37(3,54-4)33-27(11-14-48(33)34(50)24-10-9-23(39)15-21(24)19-55-56(51,52)53)36(29,2)32-26-18-47(13-12-28(26)46-49(32)30(20)25)35-44-16-22(17-45-35)38(41,42)43/h6-11,14-17H,5,12-13,18-19H2,1-4H3,(H2,51,52,53). The van der Waals surface area contributed by atoms with Crippen LogP contribution in [0.3, 0.4) is 0 Å². The normalized spacial score (nSPS) is 20.3. The van der Waals surface area contributed by atoms with Gasteiger partial charge in [-0.2, -0.15) is 18.3 Å². The highest BCUT2D eigenvalue weighted by molar-refractivity contribution is 7.46. The van der Waals surface area contributed by atoms with Gasteiger partial charge in [0.2, 0.25) is 5.95 Å². The molecule has 5 heterocycles. The number of carbonyl (C=O) groups excluding carboxylic acids is 1. The van der Waals surface area contributed by atoms with E-state index in [1.54, 1.807) is 11.0 Å². The molecule has 292 valence electrons. The van der Waals surface area contributed by atoms with Gasteiger partial charge in [0.25, 0.3) is 5.91 Å². The number of phosphoric acid groups is 1. The van der Waals surface area contributed by atoms with Crippen molar-refractivity contribution in [2.24, 2.45) is 0 Å². The summed E-state index contributed by atoms with van der Waals surface area (Å²) in [6.45, 7) is 4.96. The molecule has 2 aromatic carbocycles. The van der Waals surface area contributed by atoms with Crippen LogP contribution in [-0.2, 0) is 57.0 Å². The number of ether oxygens (including phenoxy) is 1. The lowest BCUT2D eigenvalue weighted by atomic mass is 9.61. The Morgan fingerprint density at radius 1 is 1.04 bits per heavy atom. The van der Waals surface area contributed by atoms with E-state index < -0.39 is 54.7 Å². The predicted octanol–water partition coefficient (Wildman–Crippen LogP) is 6.92. The molecule has 0 fully saturated rings. The number of fused-ring (bicyclic) bond motifs is 10. The molecule has 2 unspecified atom stereocenters. The molecule has 2 aliphatic heterocycles. The molecule has 5 aromatic rings. The zero-order valence-electron chi connectivity index (χ0n) is 30.4. The maximum atomic E-state index is 17.9. The number of hydrogen-bond acceptors (Lipinski definition) is 8. The van der Waals surface area contributed by atoms with Crippen LogP contribution < -0.4 is 4.90 Å². The first kappa shape index (κ1) is 37.8. The highest BCUT2D eigenvalue weighted by Gasteiger charge is 2.57. The number of aromatic nitrogens is 5. The monoisotopic (exact) mass is 796 g/mol. The van der Waals surface area contributed by atoms with Crippen molar-refractivity contribution < 1.29 is 50.4 Å². The van der Waals surface area contributed by atoms with Crippen LogP contribution >= 0.6 is 7.82 Å². The molecule has 1 aliphatic carbocycles. The Hall–Kier alpha value is -5.06. The third-order valence-electron chi connectivity index (χ3n) is 11.1. The van der Waals surface area contributed by atoms with E-state index in [1.807, 2.05) is 36.7 Å². The Labute approximate surface area is 316 Å². The molecule has 12 nitrogen and oxygen atoms in total. The van der Waals surface area contributed by atoms with E-state index in [0.717, 1.165) is 36.2 Å². The number of benzene rings is 2. The Balaban J connectivity index is 1.35. The molecule has 2 atom stereocenters. The second kappa shape index (κ2) is 13.0. The van der Waals surface area contributed by atoms with Crippen molar-refractivity contribution in [3.8, 4) is 5.69 Å². The Bertz CT molecular complexity index is 2530. The van der Waals surface area contributed by atoms with Gasteiger partial charge in [0.1, 0.15) is 11.6 Å². The molecule has 18 heteroatoms. The molecule has 0 spiro atoms. The average molecular weight is 797 g/mol. The van der Waals surface area contributed by atoms with Crippen LogP contribution in [0.2, 0.25) is 0 Å². The minimum absolute atomic E-state index is 0.0760. The highest BCUT2D eigenvalue weighted by Crippen LogP contribution is 2.61. The molecule has 2 N–H and O–H groups in total. The summed E-state index contributed by atoms with van der Waals surface area (Å²) in [5.74, 6) is -2.17. The second-order valence-electron chi connectivity index (χ2n) is 14.2. The third kappa shape index (κ3) is 5.66. The summed E-state index contributed by atoms with van der Waals surface area (Å²) in [6, 6.07) is 10.3. The lowest BCUT2D eigenvalue weighted by Gasteiger charge is -2.47. The van der Waals surface area contributed by atoms with E-state index in [4.69, 9.17) is 9.84 Å². The topological polar surface area (TPSA) is 145 Å². The van der Waals surface area contributed by atoms with Gasteiger partial charge in [-0.15, -0.1) is 0 Å². The van der Waals surface area contributed by atoms with Crippen LogP contribution in [0.15, 0.2) is 66.9 Å². The van der Waals surface area contributed by atoms with Crippen LogP contribution in [0, 0.1) is 5.82 Å². The van der Waals surface area contributed by atoms with Gasteiger partial charge in [0.15, 0.2) is 5.60 Å². The summed E-state index contributed by atoms with van der Waals surface area (Å²) < 4.78 is 97.6. The smallest absolute Gasteiger partial charge is 0.365 e. The van der Waals surface area contributed by atoms with Gasteiger partial charge in [0, 0.05) is 67.5 Å². The van der Waals surface area contributed by atoms with Crippen LogP contribution in [0.25, 0.3) is 11.3 Å². The van der Waals surface area contributed by atoms with E-state index in [1.165, 1.54) is 24.8 Å². The molecular weight excluding hydrogens is 762 g/mol. The molecule has 0 radical (unpaired) electrons. The number of nitrogens with zero attached hydrogens (tertiary/aromatic N) is 6. The van der Waals surface area contributed by atoms with Crippen molar-refractivity contribution in [2.45, 2.75) is 64.0 Å². The van der Waals surface area contributed by atoms with E-state index in [2.05, 4.69) is 14.5 Å². The van der Waals surface area contributed by atoms with Gasteiger partial charge < -0.3 is 19.4 Å². The first-order chi connectivity index (χ1) is 26.4. The third-order valence-corrected chi connectivity index (χ3v) is 11.5. The Morgan fingerprint density at radius 3 is 2.43 bits per heavy atom. The number of rotatable bonds is 7. The minimum Gasteiger partial charge on any atom is -0.365 e. The Kier molecular flexibility index (Phi) is 8.78. The molecule has 0 amide bonds. The van der Waals surface area contributed by atoms with E-state index in [9.17, 15) is 36.7 Å². The maximum Gasteiger partial charge on any atom is 0.469 e. The molecule has 0 saturated carbocycles. The number of methoxy groups -OCH3 is 1. The van der Waals surface area contributed by atoms with Gasteiger partial charge in [-0.1, -0.05) is 25.1 Å². The van der Waals surface area contributed by atoms with Crippen LogP contribution in [0.4, 0.5) is 27.9 Å². The minimum atomic E-state index is -5.02. The largest absolute Gasteiger partial charge is 0.469 e. The zero-order chi connectivity index (χ0) is 40.1. The number of aryl methyl sites for hydroxylation is 1. The van der Waals surface area contributed by atoms with Crippen molar-refractivity contribution in [1.82, 2.24) is 24.3 Å². The lowest BCUT2D eigenvalue weighted by Crippen LogP contribution is -2.45. The van der Waals surface area contributed by atoms with Crippen LogP contribution in [0.1, 0.15) is 81.6 Å². The van der Waals surface area contributed by atoms with Crippen molar-refractivity contribution in [2.75, 3.05) is 18.6 Å². The summed E-state index contributed by atoms with van der Waals surface area (Å²) in [5.41, 5.74) is 0.390. The first-order valence-electron chi connectivity index (χ1n) is 17.5. The lowest BCUT2D eigenvalue weighted by molar-refractivity contribution is -0.138. The number of hydrogen-bond donors (Lipinski definition) is 2. The fraction of sp³-hybridized carbons (Fsp3) is 0.316. The van der Waals surface area contributed by atoms with E-state index >= 15 is 4.39 Å². The summed E-state index contributed by atoms with van der Waals surface area (Å²) in [5, 5.41) is 5.09. The number of para-hydroxylation sites is 1. The quantitative estimate of drug-likeness (QED) is 0.132. The SMILES string of the molecule is CCc1cccc2c1-n1nc3c(c1C1(C)C2=C(F)C(C)(OC)c2c1ccn2C(=O)c1ccc(F)cc1COP(=O)(O)O)CN(c1ncc(C(F)(F)F)cn1)CC3. The molecule has 3 aliphatic rings. The van der Waals surface area contributed by atoms with Crippen molar-refractivity contribution in [3.05, 3.63) is 129 Å². The number of allylic oxidation sites excluding steroid dienone is 1. The van der Waals surface area contributed by atoms with E-state index in [-0.39, 0.29) is 34.9 Å². The molecule has 3 aromatic heterocycles. The molecule has 56 heavy (non-hydrogen) atoms. The van der Waals surface area contributed by atoms with Gasteiger partial charge in [-0.3, -0.25) is 13.9 Å². The second-order valence-corrected chi connectivity index (χ2v) is 15.4. The maximum absolute atomic E-state index is 17.9. The number of halogens is 5. The van der Waals surface area contributed by atoms with Gasteiger partial charge in [-0.25, -0.2) is 28.0 Å². The zero-order valence-corrected chi connectivity index (χ0v) is 31.3. The number of alkyl halides is 3. The summed E-state index contributed by atoms with van der Waals surface area (Å²) >= 11 is 0. The summed E-state index contributed by atoms with van der Waals surface area (Å²) in [4.78, 5) is 43.0. The van der Waals surface area contributed by atoms with Crippen molar-refractivity contribution >= 4 is 25.3 Å². The fourth-order valence-electron chi connectivity index (χ4n) is 8.36.